The molecule has 0 unspecified atom stereocenters. The fourth-order valence-corrected chi connectivity index (χ4v) is 2.80. The highest BCUT2D eigenvalue weighted by Crippen LogP contribution is 2.20. The van der Waals surface area contributed by atoms with E-state index in [1.807, 2.05) is 30.3 Å². The van der Waals surface area contributed by atoms with Crippen LogP contribution in [0.15, 0.2) is 48.7 Å². The van der Waals surface area contributed by atoms with Crippen molar-refractivity contribution in [1.82, 2.24) is 10.3 Å². The summed E-state index contributed by atoms with van der Waals surface area (Å²) in [5, 5.41) is 2.41. The van der Waals surface area contributed by atoms with Crippen molar-refractivity contribution in [2.24, 2.45) is 0 Å². The Labute approximate surface area is 175 Å². The van der Waals surface area contributed by atoms with Gasteiger partial charge in [0.15, 0.2) is 0 Å². The van der Waals surface area contributed by atoms with E-state index in [0.717, 1.165) is 5.56 Å². The lowest BCUT2D eigenvalue weighted by molar-refractivity contribution is -0.168. The highest BCUT2D eigenvalue weighted by Gasteiger charge is 2.50. The zero-order chi connectivity index (χ0) is 22.0. The first-order valence-corrected chi connectivity index (χ1v) is 9.66. The molecule has 0 radical (unpaired) electrons. The molecule has 0 saturated carbocycles. The summed E-state index contributed by atoms with van der Waals surface area (Å²) in [4.78, 5) is 41.4. The number of benzene rings is 1. The third-order valence-electron chi connectivity index (χ3n) is 4.13. The summed E-state index contributed by atoms with van der Waals surface area (Å²) < 4.78 is 15.8. The topological polar surface area (TPSA) is 104 Å². The van der Waals surface area contributed by atoms with Crippen molar-refractivity contribution in [3.8, 4) is 5.75 Å². The minimum absolute atomic E-state index is 0.0409. The summed E-state index contributed by atoms with van der Waals surface area (Å²) in [6.07, 6.45) is 1.27. The molecule has 0 aliphatic carbocycles. The molecule has 1 N–H and O–H groups in total. The van der Waals surface area contributed by atoms with Crippen LogP contribution < -0.4 is 10.1 Å². The van der Waals surface area contributed by atoms with Crippen LogP contribution in [0.25, 0.3) is 0 Å². The molecule has 1 amide bonds. The van der Waals surface area contributed by atoms with E-state index in [-0.39, 0.29) is 19.6 Å². The molecular formula is C22H26N2O6. The first-order chi connectivity index (χ1) is 14.4. The summed E-state index contributed by atoms with van der Waals surface area (Å²) >= 11 is 0. The Hall–Kier alpha value is -3.42. The van der Waals surface area contributed by atoms with Crippen LogP contribution in [-0.2, 0) is 36.9 Å². The lowest BCUT2D eigenvalue weighted by Gasteiger charge is -2.29. The van der Waals surface area contributed by atoms with E-state index in [9.17, 15) is 14.4 Å². The molecule has 2 aromatic rings. The Morgan fingerprint density at radius 3 is 2.10 bits per heavy atom. The summed E-state index contributed by atoms with van der Waals surface area (Å²) in [7, 11) is 0. The van der Waals surface area contributed by atoms with Crippen molar-refractivity contribution in [2.45, 2.75) is 39.3 Å². The number of carbonyl (C=O) groups is 3. The van der Waals surface area contributed by atoms with Crippen LogP contribution in [0.2, 0.25) is 0 Å². The predicted molar refractivity (Wildman–Crippen MR) is 109 cm³/mol. The number of ether oxygens (including phenoxy) is 3. The van der Waals surface area contributed by atoms with Crippen molar-refractivity contribution in [3.05, 3.63) is 59.9 Å². The maximum absolute atomic E-state index is 12.7. The average Bonchev–Trinajstić information content (AvgIpc) is 2.73. The fraction of sp³-hybridized carbons (Fsp3) is 0.364. The second-order valence-electron chi connectivity index (χ2n) is 6.46. The number of nitrogens with zero attached hydrogens (tertiary/aromatic N) is 1. The first-order valence-electron chi connectivity index (χ1n) is 9.66. The molecular weight excluding hydrogens is 388 g/mol. The van der Waals surface area contributed by atoms with Gasteiger partial charge in [-0.3, -0.25) is 9.78 Å². The molecule has 0 atom stereocenters. The average molecular weight is 414 g/mol. The molecule has 0 aliphatic heterocycles. The molecule has 160 valence electrons. The van der Waals surface area contributed by atoms with Crippen molar-refractivity contribution in [2.75, 3.05) is 13.2 Å². The molecule has 0 fully saturated rings. The van der Waals surface area contributed by atoms with E-state index in [1.165, 1.54) is 13.1 Å². The van der Waals surface area contributed by atoms with Crippen molar-refractivity contribution < 1.29 is 28.6 Å². The van der Waals surface area contributed by atoms with Gasteiger partial charge in [-0.25, -0.2) is 9.59 Å². The Kier molecular flexibility index (Phi) is 8.34. The van der Waals surface area contributed by atoms with E-state index in [1.54, 1.807) is 26.0 Å². The highest BCUT2D eigenvalue weighted by molar-refractivity contribution is 6.08. The Morgan fingerprint density at radius 2 is 1.60 bits per heavy atom. The van der Waals surface area contributed by atoms with Crippen molar-refractivity contribution >= 4 is 17.8 Å². The van der Waals surface area contributed by atoms with Crippen LogP contribution in [0, 0.1) is 0 Å². The van der Waals surface area contributed by atoms with Gasteiger partial charge in [-0.05, 0) is 31.5 Å². The number of hydrogen-bond acceptors (Lipinski definition) is 7. The molecule has 1 aromatic carbocycles. The summed E-state index contributed by atoms with van der Waals surface area (Å²) in [5.74, 6) is -1.84. The molecule has 8 heteroatoms. The van der Waals surface area contributed by atoms with Gasteiger partial charge in [-0.2, -0.15) is 0 Å². The van der Waals surface area contributed by atoms with Crippen LogP contribution >= 0.6 is 0 Å². The summed E-state index contributed by atoms with van der Waals surface area (Å²) in [5.41, 5.74) is -0.620. The molecule has 2 rings (SSSR count). The largest absolute Gasteiger partial charge is 0.487 e. The lowest BCUT2D eigenvalue weighted by Crippen LogP contribution is -2.62. The van der Waals surface area contributed by atoms with E-state index in [4.69, 9.17) is 14.2 Å². The van der Waals surface area contributed by atoms with E-state index >= 15 is 0 Å². The fourth-order valence-electron chi connectivity index (χ4n) is 2.80. The Balaban J connectivity index is 2.21. The number of rotatable bonds is 10. The Morgan fingerprint density at radius 1 is 0.967 bits per heavy atom. The third kappa shape index (κ3) is 6.04. The number of aromatic nitrogens is 1. The number of pyridine rings is 1. The van der Waals surface area contributed by atoms with Crippen LogP contribution in [0.1, 0.15) is 32.0 Å². The molecule has 0 bridgehead atoms. The summed E-state index contributed by atoms with van der Waals surface area (Å²) in [6, 6.07) is 13.0. The first kappa shape index (κ1) is 22.9. The van der Waals surface area contributed by atoms with E-state index in [2.05, 4.69) is 10.3 Å². The number of amides is 1. The second kappa shape index (κ2) is 10.9. The third-order valence-corrected chi connectivity index (χ3v) is 4.13. The standard InChI is InChI=1S/C22H26N2O6/c1-4-28-20(26)22(24-16(3)25,21(27)29-5-2)13-18-11-12-19(14-23-18)30-15-17-9-7-6-8-10-17/h6-12,14H,4-5,13,15H2,1-3H3,(H,24,25). The predicted octanol–water partition coefficient (Wildman–Crippen LogP) is 2.20. The van der Waals surface area contributed by atoms with E-state index < -0.39 is 23.4 Å². The zero-order valence-electron chi connectivity index (χ0n) is 17.3. The van der Waals surface area contributed by atoms with Gasteiger partial charge in [0, 0.05) is 19.0 Å². The van der Waals surface area contributed by atoms with Crippen LogP contribution in [-0.4, -0.2) is 41.6 Å². The zero-order valence-corrected chi connectivity index (χ0v) is 17.3. The van der Waals surface area contributed by atoms with Gasteiger partial charge in [0.05, 0.1) is 19.4 Å². The van der Waals surface area contributed by atoms with Gasteiger partial charge in [0.25, 0.3) is 0 Å². The molecule has 0 saturated heterocycles. The van der Waals surface area contributed by atoms with Gasteiger partial charge < -0.3 is 19.5 Å². The van der Waals surface area contributed by atoms with Gasteiger partial charge in [-0.1, -0.05) is 30.3 Å². The van der Waals surface area contributed by atoms with Gasteiger partial charge >= 0.3 is 11.9 Å². The van der Waals surface area contributed by atoms with Crippen molar-refractivity contribution in [3.63, 3.8) is 0 Å². The van der Waals surface area contributed by atoms with Crippen LogP contribution in [0.5, 0.6) is 5.75 Å². The number of esters is 2. The quantitative estimate of drug-likeness (QED) is 0.469. The monoisotopic (exact) mass is 414 g/mol. The molecule has 1 aromatic heterocycles. The molecule has 0 aliphatic rings. The number of carbonyl (C=O) groups excluding carboxylic acids is 3. The molecule has 1 heterocycles. The van der Waals surface area contributed by atoms with Crippen LogP contribution in [0.4, 0.5) is 0 Å². The number of nitrogens with one attached hydrogen (secondary N) is 1. The maximum Gasteiger partial charge on any atom is 0.344 e. The minimum atomic E-state index is -2.02. The van der Waals surface area contributed by atoms with Crippen molar-refractivity contribution in [1.29, 1.82) is 0 Å². The van der Waals surface area contributed by atoms with Gasteiger partial charge in [0.1, 0.15) is 12.4 Å². The normalized spacial score (nSPS) is 10.8. The van der Waals surface area contributed by atoms with Gasteiger partial charge in [-0.15, -0.1) is 0 Å². The smallest absolute Gasteiger partial charge is 0.344 e. The second-order valence-corrected chi connectivity index (χ2v) is 6.46. The van der Waals surface area contributed by atoms with Gasteiger partial charge in [0.2, 0.25) is 11.4 Å². The maximum atomic E-state index is 12.7. The lowest BCUT2D eigenvalue weighted by atomic mass is 9.92. The van der Waals surface area contributed by atoms with Crippen LogP contribution in [0.3, 0.4) is 0 Å². The Bertz CT molecular complexity index is 834. The molecule has 30 heavy (non-hydrogen) atoms. The highest BCUT2D eigenvalue weighted by atomic mass is 16.6. The minimum Gasteiger partial charge on any atom is -0.487 e. The SMILES string of the molecule is CCOC(=O)C(Cc1ccc(OCc2ccccc2)cn1)(NC(C)=O)C(=O)OCC. The van der Waals surface area contributed by atoms with E-state index in [0.29, 0.717) is 18.1 Å². The molecule has 8 nitrogen and oxygen atoms in total. The summed E-state index contributed by atoms with van der Waals surface area (Å²) in [6.45, 7) is 4.89. The molecule has 0 spiro atoms. The number of hydrogen-bond donors (Lipinski definition) is 1.